The molecule has 0 heterocycles. The second-order valence-electron chi connectivity index (χ2n) is 3.80. The van der Waals surface area contributed by atoms with Crippen LogP contribution < -0.4 is 0 Å². The molecule has 0 aliphatic heterocycles. The maximum absolute atomic E-state index is 4.06. The van der Waals surface area contributed by atoms with Gasteiger partial charge in [-0.15, -0.1) is 0 Å². The topological polar surface area (TPSA) is 0 Å². The number of benzene rings is 1. The van der Waals surface area contributed by atoms with Crippen LogP contribution in [0.1, 0.15) is 17.5 Å². The third-order valence-electron chi connectivity index (χ3n) is 2.50. The van der Waals surface area contributed by atoms with Crippen molar-refractivity contribution < 1.29 is 0 Å². The molecule has 2 rings (SSSR count). The maximum Gasteiger partial charge on any atom is -0.00638 e. The van der Waals surface area contributed by atoms with E-state index in [0.717, 1.165) is 19.3 Å². The highest BCUT2D eigenvalue weighted by Crippen LogP contribution is 2.25. The van der Waals surface area contributed by atoms with Crippen molar-refractivity contribution in [2.75, 3.05) is 0 Å². The summed E-state index contributed by atoms with van der Waals surface area (Å²) in [6, 6.07) is 8.58. The molecule has 0 aromatic heterocycles. The van der Waals surface area contributed by atoms with Crippen LogP contribution in [0.5, 0.6) is 0 Å². The summed E-state index contributed by atoms with van der Waals surface area (Å²) in [6.45, 7) is 8.13. The van der Waals surface area contributed by atoms with Gasteiger partial charge in [-0.05, 0) is 30.4 Å². The van der Waals surface area contributed by atoms with E-state index < -0.39 is 0 Å². The van der Waals surface area contributed by atoms with E-state index in [1.54, 1.807) is 0 Å². The molecule has 0 radical (unpaired) electrons. The van der Waals surface area contributed by atoms with E-state index in [0.29, 0.717) is 0 Å². The summed E-state index contributed by atoms with van der Waals surface area (Å²) in [6.07, 6.45) is 3.04. The molecular weight excluding hydrogens is 156 g/mol. The van der Waals surface area contributed by atoms with Crippen molar-refractivity contribution in [2.45, 2.75) is 19.3 Å². The van der Waals surface area contributed by atoms with Gasteiger partial charge in [0.1, 0.15) is 0 Å². The first-order valence-corrected chi connectivity index (χ1v) is 4.66. The van der Waals surface area contributed by atoms with E-state index in [1.807, 2.05) is 0 Å². The second kappa shape index (κ2) is 3.21. The highest BCUT2D eigenvalue weighted by Gasteiger charge is 2.10. The van der Waals surface area contributed by atoms with Crippen molar-refractivity contribution in [1.82, 2.24) is 0 Å². The number of allylic oxidation sites excluding steroid dienone is 2. The van der Waals surface area contributed by atoms with Gasteiger partial charge >= 0.3 is 0 Å². The predicted molar refractivity (Wildman–Crippen MR) is 56.7 cm³/mol. The summed E-state index contributed by atoms with van der Waals surface area (Å²) >= 11 is 0. The summed E-state index contributed by atoms with van der Waals surface area (Å²) in [5.41, 5.74) is 5.42. The number of fused-ring (bicyclic) bond motifs is 1. The fourth-order valence-corrected chi connectivity index (χ4v) is 1.92. The number of hydrogen-bond acceptors (Lipinski definition) is 0. The van der Waals surface area contributed by atoms with Gasteiger partial charge < -0.3 is 0 Å². The molecule has 0 saturated carbocycles. The second-order valence-corrected chi connectivity index (χ2v) is 3.80. The first-order valence-electron chi connectivity index (χ1n) is 4.66. The van der Waals surface area contributed by atoms with Crippen molar-refractivity contribution in [3.8, 4) is 0 Å². The van der Waals surface area contributed by atoms with Crippen LogP contribution in [0.4, 0.5) is 0 Å². The molecule has 0 amide bonds. The third kappa shape index (κ3) is 1.72. The van der Waals surface area contributed by atoms with Gasteiger partial charge in [0.05, 0.1) is 0 Å². The molecule has 0 N–H and O–H groups in total. The molecule has 0 unspecified atom stereocenters. The molecule has 0 fully saturated rings. The summed E-state index contributed by atoms with van der Waals surface area (Å²) in [7, 11) is 0. The van der Waals surface area contributed by atoms with Gasteiger partial charge in [-0.3, -0.25) is 0 Å². The average Bonchev–Trinajstić information content (AvgIpc) is 2.20. The zero-order chi connectivity index (χ0) is 9.26. The molecule has 1 aliphatic carbocycles. The van der Waals surface area contributed by atoms with Crippen LogP contribution in [0.25, 0.3) is 0 Å². The zero-order valence-corrected chi connectivity index (χ0v) is 7.84. The van der Waals surface area contributed by atoms with Crippen LogP contribution in [0.2, 0.25) is 0 Å². The van der Waals surface area contributed by atoms with Gasteiger partial charge in [0.2, 0.25) is 0 Å². The largest absolute Gasteiger partial charge is 0.0992 e. The van der Waals surface area contributed by atoms with Crippen molar-refractivity contribution in [2.24, 2.45) is 0 Å². The molecule has 1 aliphatic rings. The molecule has 0 saturated heterocycles. The van der Waals surface area contributed by atoms with Crippen molar-refractivity contribution >= 4 is 0 Å². The van der Waals surface area contributed by atoms with E-state index in [9.17, 15) is 0 Å². The molecule has 0 atom stereocenters. The molecule has 1 aromatic carbocycles. The third-order valence-corrected chi connectivity index (χ3v) is 2.50. The molecule has 0 nitrogen and oxygen atoms in total. The minimum absolute atomic E-state index is 0.995. The van der Waals surface area contributed by atoms with Gasteiger partial charge in [0.15, 0.2) is 0 Å². The van der Waals surface area contributed by atoms with E-state index in [4.69, 9.17) is 0 Å². The molecule has 66 valence electrons. The van der Waals surface area contributed by atoms with E-state index in [-0.39, 0.29) is 0 Å². The Morgan fingerprint density at radius 3 is 1.69 bits per heavy atom. The smallest absolute Gasteiger partial charge is 0.00638 e. The van der Waals surface area contributed by atoms with Gasteiger partial charge in [0.25, 0.3) is 0 Å². The standard InChI is InChI=1S/C13H14/c1-10-7-11(2)9-13-6-4-3-5-12(13)8-10/h3-6H,1-2,7-9H2. The quantitative estimate of drug-likeness (QED) is 0.414. The Morgan fingerprint density at radius 1 is 0.769 bits per heavy atom. The van der Waals surface area contributed by atoms with Gasteiger partial charge in [0, 0.05) is 0 Å². The lowest BCUT2D eigenvalue weighted by Crippen LogP contribution is -1.89. The highest BCUT2D eigenvalue weighted by atomic mass is 14.2. The summed E-state index contributed by atoms with van der Waals surface area (Å²) in [5, 5.41) is 0. The molecule has 0 spiro atoms. The zero-order valence-electron chi connectivity index (χ0n) is 7.84. The Labute approximate surface area is 79.6 Å². The normalized spacial score (nSPS) is 16.6. The van der Waals surface area contributed by atoms with Crippen LogP contribution in [0, 0.1) is 0 Å². The van der Waals surface area contributed by atoms with Gasteiger partial charge in [-0.1, -0.05) is 48.6 Å². The molecule has 1 aromatic rings. The van der Waals surface area contributed by atoms with Gasteiger partial charge in [-0.25, -0.2) is 0 Å². The average molecular weight is 170 g/mol. The molecule has 0 heteroatoms. The van der Waals surface area contributed by atoms with Crippen molar-refractivity contribution in [1.29, 1.82) is 0 Å². The Balaban J connectivity index is 2.43. The lowest BCUT2D eigenvalue weighted by atomic mass is 10.0. The van der Waals surface area contributed by atoms with Crippen LogP contribution in [-0.4, -0.2) is 0 Å². The first kappa shape index (κ1) is 8.31. The van der Waals surface area contributed by atoms with Crippen molar-refractivity contribution in [3.63, 3.8) is 0 Å². The summed E-state index contributed by atoms with van der Waals surface area (Å²) < 4.78 is 0. The Hall–Kier alpha value is -1.30. The fraction of sp³-hybridized carbons (Fsp3) is 0.231. The Kier molecular flexibility index (Phi) is 2.05. The monoisotopic (exact) mass is 170 g/mol. The van der Waals surface area contributed by atoms with Crippen LogP contribution >= 0.6 is 0 Å². The number of rotatable bonds is 0. The van der Waals surface area contributed by atoms with Crippen molar-refractivity contribution in [3.05, 3.63) is 59.7 Å². The van der Waals surface area contributed by atoms with Crippen LogP contribution in [0.3, 0.4) is 0 Å². The summed E-state index contributed by atoms with van der Waals surface area (Å²) in [5.74, 6) is 0. The Morgan fingerprint density at radius 2 is 1.23 bits per heavy atom. The minimum Gasteiger partial charge on any atom is -0.0992 e. The Bertz CT molecular complexity index is 323. The molecular formula is C13H14. The van der Waals surface area contributed by atoms with Crippen LogP contribution in [-0.2, 0) is 12.8 Å². The predicted octanol–water partition coefficient (Wildman–Crippen LogP) is 3.29. The highest BCUT2D eigenvalue weighted by molar-refractivity contribution is 5.37. The number of hydrogen-bond donors (Lipinski definition) is 0. The minimum atomic E-state index is 0.995. The van der Waals surface area contributed by atoms with E-state index in [1.165, 1.54) is 22.3 Å². The van der Waals surface area contributed by atoms with Crippen LogP contribution in [0.15, 0.2) is 48.6 Å². The maximum atomic E-state index is 4.06. The van der Waals surface area contributed by atoms with E-state index >= 15 is 0 Å². The fourth-order valence-electron chi connectivity index (χ4n) is 1.92. The van der Waals surface area contributed by atoms with E-state index in [2.05, 4.69) is 37.4 Å². The lowest BCUT2D eigenvalue weighted by Gasteiger charge is -2.03. The summed E-state index contributed by atoms with van der Waals surface area (Å²) in [4.78, 5) is 0. The lowest BCUT2D eigenvalue weighted by molar-refractivity contribution is 1.04. The van der Waals surface area contributed by atoms with Gasteiger partial charge in [-0.2, -0.15) is 0 Å². The molecule has 13 heavy (non-hydrogen) atoms. The molecule has 0 bridgehead atoms. The SMILES string of the molecule is C=C1CC(=C)Cc2ccccc2C1. The first-order chi connectivity index (χ1) is 6.25.